The van der Waals surface area contributed by atoms with Crippen molar-refractivity contribution in [3.63, 3.8) is 0 Å². The average Bonchev–Trinajstić information content (AvgIpc) is 2.84. The first-order chi connectivity index (χ1) is 8.99. The van der Waals surface area contributed by atoms with Crippen molar-refractivity contribution in [1.29, 1.82) is 0 Å². The van der Waals surface area contributed by atoms with Gasteiger partial charge in [0.25, 0.3) is 0 Å². The predicted octanol–water partition coefficient (Wildman–Crippen LogP) is 2.93. The lowest BCUT2D eigenvalue weighted by Crippen LogP contribution is -2.08. The molecule has 0 aromatic carbocycles. The summed E-state index contributed by atoms with van der Waals surface area (Å²) in [7, 11) is 0. The first-order valence-corrected chi connectivity index (χ1v) is 5.77. The van der Waals surface area contributed by atoms with Crippen LogP contribution in [0, 0.1) is 0 Å². The molecule has 0 aliphatic heterocycles. The molecule has 0 saturated carbocycles. The molecule has 0 radical (unpaired) electrons. The minimum atomic E-state index is -4.40. The second-order valence-electron chi connectivity index (χ2n) is 3.99. The Hall–Kier alpha value is -2.05. The van der Waals surface area contributed by atoms with E-state index in [-0.39, 0.29) is 0 Å². The number of rotatable bonds is 4. The zero-order chi connectivity index (χ0) is 13.9. The number of aromatic nitrogens is 3. The second-order valence-corrected chi connectivity index (χ2v) is 3.99. The number of pyridine rings is 1. The van der Waals surface area contributed by atoms with Crippen molar-refractivity contribution in [1.82, 2.24) is 14.8 Å². The van der Waals surface area contributed by atoms with Gasteiger partial charge in [0.05, 0.1) is 18.1 Å². The van der Waals surface area contributed by atoms with Crippen molar-refractivity contribution in [2.45, 2.75) is 26.2 Å². The average molecular weight is 270 g/mol. The SMILES string of the molecule is CCn1cc(CNc2ccc(C(F)(F)F)nc2)cn1. The van der Waals surface area contributed by atoms with E-state index < -0.39 is 11.9 Å². The van der Waals surface area contributed by atoms with Gasteiger partial charge in [0, 0.05) is 24.8 Å². The Balaban J connectivity index is 1.96. The van der Waals surface area contributed by atoms with Gasteiger partial charge in [-0.1, -0.05) is 0 Å². The van der Waals surface area contributed by atoms with Crippen molar-refractivity contribution in [2.24, 2.45) is 0 Å². The van der Waals surface area contributed by atoms with Crippen LogP contribution in [0.3, 0.4) is 0 Å². The number of aryl methyl sites for hydroxylation is 1. The first kappa shape index (κ1) is 13.4. The summed E-state index contributed by atoms with van der Waals surface area (Å²) in [6.45, 7) is 3.25. The monoisotopic (exact) mass is 270 g/mol. The number of hydrogen-bond donors (Lipinski definition) is 1. The molecule has 4 nitrogen and oxygen atoms in total. The summed E-state index contributed by atoms with van der Waals surface area (Å²) >= 11 is 0. The van der Waals surface area contributed by atoms with Crippen molar-refractivity contribution < 1.29 is 13.2 Å². The number of anilines is 1. The van der Waals surface area contributed by atoms with E-state index in [1.807, 2.05) is 13.1 Å². The van der Waals surface area contributed by atoms with Gasteiger partial charge in [-0.3, -0.25) is 4.68 Å². The van der Waals surface area contributed by atoms with E-state index in [9.17, 15) is 13.2 Å². The maximum Gasteiger partial charge on any atom is 0.433 e. The molecule has 2 rings (SSSR count). The Bertz CT molecular complexity index is 531. The third kappa shape index (κ3) is 3.46. The number of halogens is 3. The Morgan fingerprint density at radius 1 is 1.26 bits per heavy atom. The molecule has 0 unspecified atom stereocenters. The van der Waals surface area contributed by atoms with Crippen LogP contribution in [-0.4, -0.2) is 14.8 Å². The van der Waals surface area contributed by atoms with Crippen LogP contribution in [-0.2, 0) is 19.3 Å². The van der Waals surface area contributed by atoms with Gasteiger partial charge < -0.3 is 5.32 Å². The zero-order valence-electron chi connectivity index (χ0n) is 10.3. The topological polar surface area (TPSA) is 42.7 Å². The number of hydrogen-bond acceptors (Lipinski definition) is 3. The van der Waals surface area contributed by atoms with Crippen LogP contribution in [0.4, 0.5) is 18.9 Å². The fourth-order valence-corrected chi connectivity index (χ4v) is 1.54. The highest BCUT2D eigenvalue weighted by atomic mass is 19.4. The first-order valence-electron chi connectivity index (χ1n) is 5.77. The Labute approximate surface area is 108 Å². The second kappa shape index (κ2) is 5.29. The minimum absolute atomic E-state index is 0.493. The lowest BCUT2D eigenvalue weighted by atomic mass is 10.3. The van der Waals surface area contributed by atoms with Gasteiger partial charge in [-0.25, -0.2) is 4.98 Å². The molecule has 2 aromatic rings. The summed E-state index contributed by atoms with van der Waals surface area (Å²) in [5, 5.41) is 7.10. The summed E-state index contributed by atoms with van der Waals surface area (Å²) in [6, 6.07) is 2.32. The van der Waals surface area contributed by atoms with Crippen LogP contribution in [0.15, 0.2) is 30.7 Å². The summed E-state index contributed by atoms with van der Waals surface area (Å²) in [5.41, 5.74) is 0.607. The molecule has 19 heavy (non-hydrogen) atoms. The summed E-state index contributed by atoms with van der Waals surface area (Å²) in [5.74, 6) is 0. The molecule has 0 fully saturated rings. The van der Waals surface area contributed by atoms with Crippen molar-refractivity contribution >= 4 is 5.69 Å². The molecule has 0 amide bonds. The fourth-order valence-electron chi connectivity index (χ4n) is 1.54. The van der Waals surface area contributed by atoms with Crippen LogP contribution in [0.5, 0.6) is 0 Å². The molecule has 0 aliphatic rings. The van der Waals surface area contributed by atoms with Gasteiger partial charge in [0.1, 0.15) is 5.69 Å². The molecule has 102 valence electrons. The molecule has 0 bridgehead atoms. The Morgan fingerprint density at radius 3 is 2.58 bits per heavy atom. The third-order valence-corrected chi connectivity index (χ3v) is 2.56. The van der Waals surface area contributed by atoms with Crippen LogP contribution in [0.1, 0.15) is 18.2 Å². The molecular weight excluding hydrogens is 257 g/mol. The number of alkyl halides is 3. The van der Waals surface area contributed by atoms with Gasteiger partial charge in [-0.15, -0.1) is 0 Å². The van der Waals surface area contributed by atoms with Gasteiger partial charge in [-0.05, 0) is 19.1 Å². The number of nitrogens with zero attached hydrogens (tertiary/aromatic N) is 3. The lowest BCUT2D eigenvalue weighted by Gasteiger charge is -2.07. The Morgan fingerprint density at radius 2 is 2.05 bits per heavy atom. The summed E-state index contributed by atoms with van der Waals surface area (Å²) in [4.78, 5) is 3.38. The Kier molecular flexibility index (Phi) is 3.73. The molecule has 2 heterocycles. The van der Waals surface area contributed by atoms with Crippen molar-refractivity contribution in [2.75, 3.05) is 5.32 Å². The molecule has 7 heteroatoms. The number of nitrogens with one attached hydrogen (secondary N) is 1. The molecule has 0 aliphatic carbocycles. The molecule has 1 N–H and O–H groups in total. The molecule has 0 spiro atoms. The van der Waals surface area contributed by atoms with E-state index in [1.165, 1.54) is 12.3 Å². The van der Waals surface area contributed by atoms with E-state index in [2.05, 4.69) is 15.4 Å². The highest BCUT2D eigenvalue weighted by molar-refractivity contribution is 5.41. The van der Waals surface area contributed by atoms with Crippen LogP contribution < -0.4 is 5.32 Å². The predicted molar refractivity (Wildman–Crippen MR) is 64.5 cm³/mol. The smallest absolute Gasteiger partial charge is 0.380 e. The largest absolute Gasteiger partial charge is 0.433 e. The molecular formula is C12H13F3N4. The summed E-state index contributed by atoms with van der Waals surface area (Å²) in [6.07, 6.45) is 0.367. The van der Waals surface area contributed by atoms with Gasteiger partial charge >= 0.3 is 6.18 Å². The van der Waals surface area contributed by atoms with E-state index in [4.69, 9.17) is 0 Å². The van der Waals surface area contributed by atoms with E-state index in [0.29, 0.717) is 12.2 Å². The van der Waals surface area contributed by atoms with Gasteiger partial charge in [0.2, 0.25) is 0 Å². The summed E-state index contributed by atoms with van der Waals surface area (Å²) < 4.78 is 38.7. The van der Waals surface area contributed by atoms with E-state index in [1.54, 1.807) is 10.9 Å². The van der Waals surface area contributed by atoms with E-state index in [0.717, 1.165) is 18.2 Å². The third-order valence-electron chi connectivity index (χ3n) is 2.56. The standard InChI is InChI=1S/C12H13F3N4/c1-2-19-8-9(6-18-19)5-16-10-3-4-11(17-7-10)12(13,14)15/h3-4,6-8,16H,2,5H2,1H3. The molecule has 0 saturated heterocycles. The van der Waals surface area contributed by atoms with Crippen LogP contribution >= 0.6 is 0 Å². The van der Waals surface area contributed by atoms with Crippen LogP contribution in [0.2, 0.25) is 0 Å². The van der Waals surface area contributed by atoms with Crippen LogP contribution in [0.25, 0.3) is 0 Å². The van der Waals surface area contributed by atoms with E-state index >= 15 is 0 Å². The molecule has 0 atom stereocenters. The van der Waals surface area contributed by atoms with Gasteiger partial charge in [-0.2, -0.15) is 18.3 Å². The minimum Gasteiger partial charge on any atom is -0.380 e. The quantitative estimate of drug-likeness (QED) is 0.928. The molecule has 2 aromatic heterocycles. The van der Waals surface area contributed by atoms with Gasteiger partial charge in [0.15, 0.2) is 0 Å². The maximum atomic E-state index is 12.3. The zero-order valence-corrected chi connectivity index (χ0v) is 10.3. The highest BCUT2D eigenvalue weighted by Gasteiger charge is 2.31. The maximum absolute atomic E-state index is 12.3. The van der Waals surface area contributed by atoms with Crippen molar-refractivity contribution in [3.05, 3.63) is 42.0 Å². The fraction of sp³-hybridized carbons (Fsp3) is 0.333. The normalized spacial score (nSPS) is 11.6. The highest BCUT2D eigenvalue weighted by Crippen LogP contribution is 2.27. The lowest BCUT2D eigenvalue weighted by molar-refractivity contribution is -0.141. The van der Waals surface area contributed by atoms with Crippen molar-refractivity contribution in [3.8, 4) is 0 Å².